The van der Waals surface area contributed by atoms with E-state index < -0.39 is 0 Å². The van der Waals surface area contributed by atoms with Gasteiger partial charge in [0.25, 0.3) is 0 Å². The van der Waals surface area contributed by atoms with Gasteiger partial charge in [0.15, 0.2) is 0 Å². The molecule has 3 aliphatic rings. The van der Waals surface area contributed by atoms with Crippen LogP contribution in [0.4, 0.5) is 0 Å². The predicted molar refractivity (Wildman–Crippen MR) is 72.1 cm³/mol. The fraction of sp³-hybridized carbons (Fsp3) is 1.00. The second-order valence-corrected chi connectivity index (χ2v) is 6.93. The molecule has 1 aliphatic carbocycles. The van der Waals surface area contributed by atoms with Crippen molar-refractivity contribution in [2.45, 2.75) is 64.5 Å². The van der Waals surface area contributed by atoms with Crippen molar-refractivity contribution >= 4 is 0 Å². The molecule has 3 unspecified atom stereocenters. The molecule has 0 radical (unpaired) electrons. The van der Waals surface area contributed by atoms with Gasteiger partial charge < -0.3 is 5.32 Å². The molecular formula is C15H28N2. The van der Waals surface area contributed by atoms with Crippen molar-refractivity contribution in [2.75, 3.05) is 19.6 Å². The highest BCUT2D eigenvalue weighted by molar-refractivity contribution is 4.99. The van der Waals surface area contributed by atoms with E-state index in [0.717, 1.165) is 18.0 Å². The molecule has 0 aromatic rings. The lowest BCUT2D eigenvalue weighted by Crippen LogP contribution is -2.48. The van der Waals surface area contributed by atoms with Crippen molar-refractivity contribution in [1.29, 1.82) is 0 Å². The Morgan fingerprint density at radius 1 is 1.24 bits per heavy atom. The highest BCUT2D eigenvalue weighted by Gasteiger charge is 2.45. The summed E-state index contributed by atoms with van der Waals surface area (Å²) >= 11 is 0. The zero-order valence-electron chi connectivity index (χ0n) is 11.5. The van der Waals surface area contributed by atoms with Crippen LogP contribution in [0.3, 0.4) is 0 Å². The van der Waals surface area contributed by atoms with E-state index in [4.69, 9.17) is 0 Å². The van der Waals surface area contributed by atoms with Gasteiger partial charge in [-0.15, -0.1) is 0 Å². The molecule has 3 atom stereocenters. The van der Waals surface area contributed by atoms with E-state index >= 15 is 0 Å². The summed E-state index contributed by atoms with van der Waals surface area (Å²) in [6.07, 6.45) is 8.60. The lowest BCUT2D eigenvalue weighted by Gasteiger charge is -2.41. The molecule has 0 aromatic carbocycles. The van der Waals surface area contributed by atoms with Crippen LogP contribution in [0.15, 0.2) is 0 Å². The van der Waals surface area contributed by atoms with E-state index in [9.17, 15) is 0 Å². The lowest BCUT2D eigenvalue weighted by atomic mass is 9.87. The fourth-order valence-corrected chi connectivity index (χ4v) is 3.89. The molecule has 2 heterocycles. The first-order valence-corrected chi connectivity index (χ1v) is 7.66. The van der Waals surface area contributed by atoms with Crippen LogP contribution in [-0.4, -0.2) is 36.6 Å². The largest absolute Gasteiger partial charge is 0.314 e. The first kappa shape index (κ1) is 12.0. The molecule has 98 valence electrons. The maximum atomic E-state index is 3.71. The summed E-state index contributed by atoms with van der Waals surface area (Å²) < 4.78 is 0. The summed E-state index contributed by atoms with van der Waals surface area (Å²) in [7, 11) is 0. The van der Waals surface area contributed by atoms with Crippen LogP contribution >= 0.6 is 0 Å². The van der Waals surface area contributed by atoms with E-state index in [1.807, 2.05) is 0 Å². The minimum absolute atomic E-state index is 0.658. The average Bonchev–Trinajstić information content (AvgIpc) is 2.91. The third-order valence-corrected chi connectivity index (χ3v) is 5.75. The van der Waals surface area contributed by atoms with Gasteiger partial charge in [0.1, 0.15) is 0 Å². The first-order valence-electron chi connectivity index (χ1n) is 7.66. The summed E-state index contributed by atoms with van der Waals surface area (Å²) in [5, 5.41) is 3.71. The van der Waals surface area contributed by atoms with Gasteiger partial charge >= 0.3 is 0 Å². The quantitative estimate of drug-likeness (QED) is 0.810. The Morgan fingerprint density at radius 2 is 2.06 bits per heavy atom. The summed E-state index contributed by atoms with van der Waals surface area (Å²) in [5.41, 5.74) is 0.658. The number of likely N-dealkylation sites (tertiary alicyclic amines) is 1. The molecule has 3 fully saturated rings. The molecule has 0 spiro atoms. The maximum absolute atomic E-state index is 3.71. The molecule has 0 aromatic heterocycles. The van der Waals surface area contributed by atoms with Gasteiger partial charge in [-0.2, -0.15) is 0 Å². The van der Waals surface area contributed by atoms with E-state index in [1.165, 1.54) is 58.2 Å². The molecule has 2 nitrogen and oxygen atoms in total. The zero-order chi connectivity index (χ0) is 11.9. The topological polar surface area (TPSA) is 15.3 Å². The molecule has 3 rings (SSSR count). The Balaban J connectivity index is 1.59. The number of nitrogens with one attached hydrogen (secondary N) is 1. The van der Waals surface area contributed by atoms with Crippen LogP contribution in [0.25, 0.3) is 0 Å². The monoisotopic (exact) mass is 236 g/mol. The Bertz CT molecular complexity index is 266. The SMILES string of the molecule is CC(N1CCCC(C2CCCN2)C1)C1(C)CC1. The zero-order valence-corrected chi connectivity index (χ0v) is 11.5. The summed E-state index contributed by atoms with van der Waals surface area (Å²) in [6.45, 7) is 8.91. The van der Waals surface area contributed by atoms with Gasteiger partial charge in [-0.05, 0) is 69.9 Å². The molecule has 1 N–H and O–H groups in total. The van der Waals surface area contributed by atoms with Crippen molar-refractivity contribution in [1.82, 2.24) is 10.2 Å². The van der Waals surface area contributed by atoms with Crippen LogP contribution in [0, 0.1) is 11.3 Å². The second kappa shape index (κ2) is 4.55. The summed E-state index contributed by atoms with van der Waals surface area (Å²) in [6, 6.07) is 1.64. The third-order valence-electron chi connectivity index (χ3n) is 5.75. The lowest BCUT2D eigenvalue weighted by molar-refractivity contribution is 0.0815. The highest BCUT2D eigenvalue weighted by atomic mass is 15.2. The smallest absolute Gasteiger partial charge is 0.0121 e. The van der Waals surface area contributed by atoms with Gasteiger partial charge in [-0.25, -0.2) is 0 Å². The van der Waals surface area contributed by atoms with Crippen LogP contribution in [0.2, 0.25) is 0 Å². The highest BCUT2D eigenvalue weighted by Crippen LogP contribution is 2.50. The average molecular weight is 236 g/mol. The minimum atomic E-state index is 0.658. The number of rotatable bonds is 3. The van der Waals surface area contributed by atoms with Gasteiger partial charge in [0, 0.05) is 18.6 Å². The van der Waals surface area contributed by atoms with Crippen molar-refractivity contribution in [3.05, 3.63) is 0 Å². The van der Waals surface area contributed by atoms with Crippen molar-refractivity contribution < 1.29 is 0 Å². The third kappa shape index (κ3) is 2.39. The molecule has 17 heavy (non-hydrogen) atoms. The molecule has 2 aliphatic heterocycles. The molecule has 2 heteroatoms. The van der Waals surface area contributed by atoms with E-state index in [2.05, 4.69) is 24.1 Å². The normalized spacial score (nSPS) is 39.2. The maximum Gasteiger partial charge on any atom is 0.0121 e. The molecule has 1 saturated carbocycles. The minimum Gasteiger partial charge on any atom is -0.314 e. The van der Waals surface area contributed by atoms with Gasteiger partial charge in [0.2, 0.25) is 0 Å². The van der Waals surface area contributed by atoms with E-state index in [1.54, 1.807) is 0 Å². The fourth-order valence-electron chi connectivity index (χ4n) is 3.89. The summed E-state index contributed by atoms with van der Waals surface area (Å²) in [4.78, 5) is 2.79. The van der Waals surface area contributed by atoms with Crippen LogP contribution < -0.4 is 5.32 Å². The van der Waals surface area contributed by atoms with Gasteiger partial charge in [-0.1, -0.05) is 6.92 Å². The Labute approximate surface area is 106 Å². The molecule has 2 saturated heterocycles. The van der Waals surface area contributed by atoms with Crippen LogP contribution in [0.1, 0.15) is 52.4 Å². The Kier molecular flexibility index (Phi) is 3.20. The number of hydrogen-bond donors (Lipinski definition) is 1. The first-order chi connectivity index (χ1) is 8.19. The molecule has 0 amide bonds. The van der Waals surface area contributed by atoms with E-state index in [0.29, 0.717) is 5.41 Å². The van der Waals surface area contributed by atoms with E-state index in [-0.39, 0.29) is 0 Å². The van der Waals surface area contributed by atoms with Crippen LogP contribution in [-0.2, 0) is 0 Å². The molecule has 0 bridgehead atoms. The van der Waals surface area contributed by atoms with Crippen molar-refractivity contribution in [3.8, 4) is 0 Å². The van der Waals surface area contributed by atoms with Crippen LogP contribution in [0.5, 0.6) is 0 Å². The predicted octanol–water partition coefficient (Wildman–Crippen LogP) is 2.64. The number of piperidine rings is 1. The molecular weight excluding hydrogens is 208 g/mol. The van der Waals surface area contributed by atoms with Crippen molar-refractivity contribution in [3.63, 3.8) is 0 Å². The summed E-state index contributed by atoms with van der Waals surface area (Å²) in [5.74, 6) is 0.927. The van der Waals surface area contributed by atoms with Gasteiger partial charge in [-0.3, -0.25) is 4.90 Å². The number of nitrogens with zero attached hydrogens (tertiary/aromatic N) is 1. The Morgan fingerprint density at radius 3 is 2.71 bits per heavy atom. The second-order valence-electron chi connectivity index (χ2n) is 6.93. The van der Waals surface area contributed by atoms with Gasteiger partial charge in [0.05, 0.1) is 0 Å². The van der Waals surface area contributed by atoms with Crippen molar-refractivity contribution in [2.24, 2.45) is 11.3 Å². The number of hydrogen-bond acceptors (Lipinski definition) is 2. The Hall–Kier alpha value is -0.0800. The standard InChI is InChI=1S/C15H28N2/c1-12(15(2)7-8-15)17-10-4-5-13(11-17)14-6-3-9-16-14/h12-14,16H,3-11H2,1-2H3.